The van der Waals surface area contributed by atoms with E-state index in [1.54, 1.807) is 6.92 Å². The van der Waals surface area contributed by atoms with Crippen LogP contribution in [0, 0.1) is 5.92 Å². The maximum absolute atomic E-state index is 11.2. The van der Waals surface area contributed by atoms with Crippen molar-refractivity contribution in [2.45, 2.75) is 58.0 Å². The fraction of sp³-hybridized carbons (Fsp3) is 0.917. The molecule has 0 amide bonds. The van der Waals surface area contributed by atoms with Crippen LogP contribution in [0.5, 0.6) is 0 Å². The highest BCUT2D eigenvalue weighted by atomic mass is 16.1. The van der Waals surface area contributed by atoms with Crippen LogP contribution in [0.25, 0.3) is 0 Å². The van der Waals surface area contributed by atoms with Gasteiger partial charge in [0.2, 0.25) is 0 Å². The van der Waals surface area contributed by atoms with E-state index in [9.17, 15) is 4.79 Å². The first-order valence-electron chi connectivity index (χ1n) is 6.09. The topological polar surface area (TPSA) is 55.1 Å². The molecule has 0 aromatic rings. The fourth-order valence-corrected chi connectivity index (χ4v) is 2.22. The molecule has 1 rings (SSSR count). The van der Waals surface area contributed by atoms with Crippen LogP contribution in [0.4, 0.5) is 0 Å². The van der Waals surface area contributed by atoms with Crippen molar-refractivity contribution in [2.24, 2.45) is 11.7 Å². The van der Waals surface area contributed by atoms with Gasteiger partial charge >= 0.3 is 0 Å². The van der Waals surface area contributed by atoms with Crippen LogP contribution in [0.3, 0.4) is 0 Å². The second-order valence-corrected chi connectivity index (χ2v) is 4.88. The third-order valence-corrected chi connectivity index (χ3v) is 3.33. The predicted molar refractivity (Wildman–Crippen MR) is 62.7 cm³/mol. The molecule has 1 saturated carbocycles. The zero-order valence-electron chi connectivity index (χ0n) is 9.96. The molecule has 15 heavy (non-hydrogen) atoms. The Morgan fingerprint density at radius 1 is 1.40 bits per heavy atom. The Balaban J connectivity index is 2.12. The van der Waals surface area contributed by atoms with Gasteiger partial charge < -0.3 is 11.1 Å². The fourth-order valence-electron chi connectivity index (χ4n) is 2.22. The Bertz CT molecular complexity index is 196. The van der Waals surface area contributed by atoms with Gasteiger partial charge in [-0.3, -0.25) is 4.79 Å². The van der Waals surface area contributed by atoms with Crippen LogP contribution >= 0.6 is 0 Å². The van der Waals surface area contributed by atoms with Gasteiger partial charge in [-0.1, -0.05) is 0 Å². The molecule has 3 N–H and O–H groups in total. The van der Waals surface area contributed by atoms with Gasteiger partial charge in [0, 0.05) is 18.0 Å². The number of carbonyl (C=O) groups excluding carboxylic acids is 1. The third kappa shape index (κ3) is 4.76. The molecule has 3 nitrogen and oxygen atoms in total. The summed E-state index contributed by atoms with van der Waals surface area (Å²) < 4.78 is 0. The molecular weight excluding hydrogens is 188 g/mol. The molecule has 0 spiro atoms. The maximum atomic E-state index is 11.2. The Labute approximate surface area is 92.8 Å². The van der Waals surface area contributed by atoms with Crippen molar-refractivity contribution in [2.75, 3.05) is 6.54 Å². The van der Waals surface area contributed by atoms with E-state index in [4.69, 9.17) is 5.73 Å². The lowest BCUT2D eigenvalue weighted by atomic mass is 9.84. The lowest BCUT2D eigenvalue weighted by Crippen LogP contribution is -2.36. The summed E-state index contributed by atoms with van der Waals surface area (Å²) in [6.07, 6.45) is 5.44. The molecular formula is C12H24N2O. The van der Waals surface area contributed by atoms with E-state index < -0.39 is 0 Å². The Morgan fingerprint density at radius 2 is 2.00 bits per heavy atom. The van der Waals surface area contributed by atoms with E-state index >= 15 is 0 Å². The summed E-state index contributed by atoms with van der Waals surface area (Å²) in [4.78, 5) is 11.2. The third-order valence-electron chi connectivity index (χ3n) is 3.33. The van der Waals surface area contributed by atoms with E-state index in [-0.39, 0.29) is 6.04 Å². The van der Waals surface area contributed by atoms with Crippen molar-refractivity contribution in [1.29, 1.82) is 0 Å². The van der Waals surface area contributed by atoms with Crippen molar-refractivity contribution in [1.82, 2.24) is 5.32 Å². The second kappa shape index (κ2) is 6.23. The van der Waals surface area contributed by atoms with E-state index in [1.165, 1.54) is 0 Å². The van der Waals surface area contributed by atoms with Crippen molar-refractivity contribution < 1.29 is 4.79 Å². The van der Waals surface area contributed by atoms with E-state index in [1.807, 2.05) is 6.92 Å². The van der Waals surface area contributed by atoms with Crippen molar-refractivity contribution in [3.8, 4) is 0 Å². The molecule has 0 bridgehead atoms. The normalized spacial score (nSPS) is 28.7. The molecule has 0 heterocycles. The van der Waals surface area contributed by atoms with Gasteiger partial charge in [-0.25, -0.2) is 0 Å². The minimum atomic E-state index is 0.283. The number of rotatable bonds is 5. The quantitative estimate of drug-likeness (QED) is 0.725. The van der Waals surface area contributed by atoms with Gasteiger partial charge in [0.25, 0.3) is 0 Å². The summed E-state index contributed by atoms with van der Waals surface area (Å²) >= 11 is 0. The van der Waals surface area contributed by atoms with Crippen LogP contribution in [-0.2, 0) is 4.79 Å². The van der Waals surface area contributed by atoms with E-state index in [0.29, 0.717) is 17.7 Å². The first kappa shape index (κ1) is 12.7. The highest BCUT2D eigenvalue weighted by Crippen LogP contribution is 2.24. The molecule has 3 heteroatoms. The van der Waals surface area contributed by atoms with Crippen molar-refractivity contribution in [3.05, 3.63) is 0 Å². The Hall–Kier alpha value is -0.410. The zero-order chi connectivity index (χ0) is 11.3. The molecule has 0 aromatic heterocycles. The number of nitrogens with two attached hydrogens (primary N) is 1. The van der Waals surface area contributed by atoms with Crippen LogP contribution < -0.4 is 11.1 Å². The molecule has 0 aliphatic heterocycles. The molecule has 1 atom stereocenters. The smallest absolute Gasteiger partial charge is 0.132 e. The maximum Gasteiger partial charge on any atom is 0.132 e. The summed E-state index contributed by atoms with van der Waals surface area (Å²) in [7, 11) is 0. The van der Waals surface area contributed by atoms with Gasteiger partial charge in [-0.2, -0.15) is 0 Å². The SMILES string of the molecule is CC(=O)C1CCC(NCCC(C)N)CC1. The first-order chi connectivity index (χ1) is 7.09. The highest BCUT2D eigenvalue weighted by molar-refractivity contribution is 5.78. The lowest BCUT2D eigenvalue weighted by Gasteiger charge is -2.28. The van der Waals surface area contributed by atoms with Crippen LogP contribution in [-0.4, -0.2) is 24.4 Å². The molecule has 0 saturated heterocycles. The number of hydrogen-bond donors (Lipinski definition) is 2. The molecule has 0 radical (unpaired) electrons. The van der Waals surface area contributed by atoms with Crippen LogP contribution in [0.15, 0.2) is 0 Å². The standard InChI is InChI=1S/C12H24N2O/c1-9(13)7-8-14-12-5-3-11(4-6-12)10(2)15/h9,11-12,14H,3-8,13H2,1-2H3. The summed E-state index contributed by atoms with van der Waals surface area (Å²) in [5, 5.41) is 3.52. The highest BCUT2D eigenvalue weighted by Gasteiger charge is 2.23. The summed E-state index contributed by atoms with van der Waals surface area (Å²) in [5.41, 5.74) is 5.69. The van der Waals surface area contributed by atoms with E-state index in [2.05, 4.69) is 5.32 Å². The average molecular weight is 212 g/mol. The summed E-state index contributed by atoms with van der Waals surface area (Å²) in [6.45, 7) is 4.76. The van der Waals surface area contributed by atoms with Gasteiger partial charge in [0.1, 0.15) is 5.78 Å². The number of nitrogens with one attached hydrogen (secondary N) is 1. The summed E-state index contributed by atoms with van der Waals surface area (Å²) in [5.74, 6) is 0.695. The van der Waals surface area contributed by atoms with E-state index in [0.717, 1.165) is 38.6 Å². The number of hydrogen-bond acceptors (Lipinski definition) is 3. The lowest BCUT2D eigenvalue weighted by molar-refractivity contribution is -0.121. The van der Waals surface area contributed by atoms with Gasteiger partial charge in [-0.15, -0.1) is 0 Å². The molecule has 0 aromatic carbocycles. The van der Waals surface area contributed by atoms with Crippen LogP contribution in [0.1, 0.15) is 46.0 Å². The molecule has 1 aliphatic carbocycles. The Morgan fingerprint density at radius 3 is 2.47 bits per heavy atom. The predicted octanol–water partition coefficient (Wildman–Crippen LogP) is 1.46. The number of carbonyl (C=O) groups is 1. The van der Waals surface area contributed by atoms with Crippen LogP contribution in [0.2, 0.25) is 0 Å². The number of ketones is 1. The van der Waals surface area contributed by atoms with Gasteiger partial charge in [0.05, 0.1) is 0 Å². The largest absolute Gasteiger partial charge is 0.328 e. The molecule has 1 unspecified atom stereocenters. The second-order valence-electron chi connectivity index (χ2n) is 4.88. The minimum Gasteiger partial charge on any atom is -0.328 e. The summed E-state index contributed by atoms with van der Waals surface area (Å²) in [6, 6.07) is 0.894. The Kier molecular flexibility index (Phi) is 5.26. The molecule has 88 valence electrons. The molecule has 1 fully saturated rings. The zero-order valence-corrected chi connectivity index (χ0v) is 9.96. The van der Waals surface area contributed by atoms with Gasteiger partial charge in [-0.05, 0) is 52.5 Å². The van der Waals surface area contributed by atoms with Gasteiger partial charge in [0.15, 0.2) is 0 Å². The first-order valence-corrected chi connectivity index (χ1v) is 6.09. The molecule has 1 aliphatic rings. The van der Waals surface area contributed by atoms with Crippen molar-refractivity contribution >= 4 is 5.78 Å². The number of Topliss-reactive ketones (excluding diaryl/α,β-unsaturated/α-hetero) is 1. The van der Waals surface area contributed by atoms with Crippen molar-refractivity contribution in [3.63, 3.8) is 0 Å². The average Bonchev–Trinajstić information content (AvgIpc) is 2.18. The monoisotopic (exact) mass is 212 g/mol. The minimum absolute atomic E-state index is 0.283.